The van der Waals surface area contributed by atoms with Crippen LogP contribution in [0.2, 0.25) is 0 Å². The maximum atomic E-state index is 9.31. The highest BCUT2D eigenvalue weighted by atomic mass is 15.4. The second kappa shape index (κ2) is 5.22. The van der Waals surface area contributed by atoms with Crippen molar-refractivity contribution < 1.29 is 0 Å². The van der Waals surface area contributed by atoms with E-state index in [2.05, 4.69) is 16.4 Å². The Bertz CT molecular complexity index is 823. The molecule has 0 spiro atoms. The quantitative estimate of drug-likeness (QED) is 0.719. The van der Waals surface area contributed by atoms with Gasteiger partial charge in [0, 0.05) is 5.56 Å². The van der Waals surface area contributed by atoms with Crippen LogP contribution in [0.3, 0.4) is 0 Å². The van der Waals surface area contributed by atoms with Crippen LogP contribution in [0, 0.1) is 25.2 Å². The van der Waals surface area contributed by atoms with Crippen molar-refractivity contribution in [1.29, 1.82) is 5.26 Å². The van der Waals surface area contributed by atoms with Gasteiger partial charge >= 0.3 is 0 Å². The minimum absolute atomic E-state index is 0.338. The molecule has 1 aromatic heterocycles. The van der Waals surface area contributed by atoms with Gasteiger partial charge in [-0.3, -0.25) is 0 Å². The summed E-state index contributed by atoms with van der Waals surface area (Å²) in [7, 11) is 0. The highest BCUT2D eigenvalue weighted by molar-refractivity contribution is 5.70. The zero-order valence-corrected chi connectivity index (χ0v) is 11.9. The first-order valence-corrected chi connectivity index (χ1v) is 6.69. The Balaban J connectivity index is 2.25. The lowest BCUT2D eigenvalue weighted by atomic mass is 10.0. The van der Waals surface area contributed by atoms with Gasteiger partial charge in [-0.1, -0.05) is 47.2 Å². The van der Waals surface area contributed by atoms with Crippen molar-refractivity contribution in [3.8, 4) is 23.0 Å². The maximum absolute atomic E-state index is 9.31. The van der Waals surface area contributed by atoms with Crippen LogP contribution in [0.1, 0.15) is 16.8 Å². The third-order valence-electron chi connectivity index (χ3n) is 3.45. The van der Waals surface area contributed by atoms with Gasteiger partial charge in [-0.2, -0.15) is 5.26 Å². The molecule has 0 N–H and O–H groups in total. The van der Waals surface area contributed by atoms with Crippen molar-refractivity contribution in [2.45, 2.75) is 13.8 Å². The topological polar surface area (TPSA) is 54.5 Å². The number of nitriles is 1. The van der Waals surface area contributed by atoms with Crippen LogP contribution >= 0.6 is 0 Å². The SMILES string of the molecule is Cc1ccc(-n2nnc(C#N)c2-c2ccccc2C)cc1. The van der Waals surface area contributed by atoms with Crippen LogP contribution in [-0.4, -0.2) is 15.0 Å². The summed E-state index contributed by atoms with van der Waals surface area (Å²) < 4.78 is 1.72. The molecule has 1 heterocycles. The van der Waals surface area contributed by atoms with Crippen molar-refractivity contribution in [1.82, 2.24) is 15.0 Å². The predicted octanol–water partition coefficient (Wildman–Crippen LogP) is 3.42. The van der Waals surface area contributed by atoms with Crippen molar-refractivity contribution in [2.75, 3.05) is 0 Å². The van der Waals surface area contributed by atoms with Gasteiger partial charge in [-0.25, -0.2) is 4.68 Å². The average Bonchev–Trinajstić information content (AvgIpc) is 2.92. The fourth-order valence-corrected chi connectivity index (χ4v) is 2.30. The molecule has 0 aliphatic rings. The van der Waals surface area contributed by atoms with Gasteiger partial charge in [0.25, 0.3) is 0 Å². The summed E-state index contributed by atoms with van der Waals surface area (Å²) in [5.41, 5.74) is 5.21. The molecule has 0 aliphatic heterocycles. The predicted molar refractivity (Wildman–Crippen MR) is 81.0 cm³/mol. The van der Waals surface area contributed by atoms with Gasteiger partial charge in [0.2, 0.25) is 0 Å². The molecule has 0 aliphatic carbocycles. The third kappa shape index (κ3) is 2.30. The second-order valence-corrected chi connectivity index (χ2v) is 4.96. The van der Waals surface area contributed by atoms with E-state index in [0.29, 0.717) is 5.69 Å². The minimum atomic E-state index is 0.338. The van der Waals surface area contributed by atoms with E-state index in [-0.39, 0.29) is 0 Å². The standard InChI is InChI=1S/C17H14N4/c1-12-7-9-14(10-8-12)21-17(16(11-18)19-20-21)15-6-4-3-5-13(15)2/h3-10H,1-2H3. The molecular weight excluding hydrogens is 260 g/mol. The fraction of sp³-hybridized carbons (Fsp3) is 0.118. The number of hydrogen-bond donors (Lipinski definition) is 0. The summed E-state index contributed by atoms with van der Waals surface area (Å²) in [6.45, 7) is 4.05. The Morgan fingerprint density at radius 1 is 1.00 bits per heavy atom. The second-order valence-electron chi connectivity index (χ2n) is 4.96. The molecule has 0 unspecified atom stereocenters. The van der Waals surface area contributed by atoms with E-state index < -0.39 is 0 Å². The van der Waals surface area contributed by atoms with E-state index >= 15 is 0 Å². The summed E-state index contributed by atoms with van der Waals surface area (Å²) in [4.78, 5) is 0. The molecule has 2 aromatic carbocycles. The maximum Gasteiger partial charge on any atom is 0.191 e. The minimum Gasteiger partial charge on any atom is -0.211 e. The summed E-state index contributed by atoms with van der Waals surface area (Å²) in [6, 6.07) is 18.1. The van der Waals surface area contributed by atoms with Gasteiger partial charge in [-0.15, -0.1) is 5.10 Å². The van der Waals surface area contributed by atoms with Gasteiger partial charge in [-0.05, 0) is 31.5 Å². The lowest BCUT2D eigenvalue weighted by Gasteiger charge is -2.09. The highest BCUT2D eigenvalue weighted by Crippen LogP contribution is 2.27. The molecule has 4 heteroatoms. The summed E-state index contributed by atoms with van der Waals surface area (Å²) in [5.74, 6) is 0. The Kier molecular flexibility index (Phi) is 3.25. The van der Waals surface area contributed by atoms with Crippen LogP contribution < -0.4 is 0 Å². The largest absolute Gasteiger partial charge is 0.211 e. The molecule has 0 saturated heterocycles. The Labute approximate surface area is 123 Å². The first-order chi connectivity index (χ1) is 10.2. The summed E-state index contributed by atoms with van der Waals surface area (Å²) in [5, 5.41) is 17.5. The Morgan fingerprint density at radius 2 is 1.71 bits per heavy atom. The van der Waals surface area contributed by atoms with Crippen LogP contribution in [0.5, 0.6) is 0 Å². The molecular formula is C17H14N4. The molecule has 0 amide bonds. The molecule has 3 rings (SSSR count). The number of aryl methyl sites for hydroxylation is 2. The van der Waals surface area contributed by atoms with Crippen molar-refractivity contribution in [2.24, 2.45) is 0 Å². The van der Waals surface area contributed by atoms with E-state index in [9.17, 15) is 5.26 Å². The van der Waals surface area contributed by atoms with E-state index in [0.717, 1.165) is 22.5 Å². The monoisotopic (exact) mass is 274 g/mol. The first kappa shape index (κ1) is 13.1. The van der Waals surface area contributed by atoms with E-state index in [1.54, 1.807) is 4.68 Å². The zero-order chi connectivity index (χ0) is 14.8. The van der Waals surface area contributed by atoms with Gasteiger partial charge in [0.1, 0.15) is 11.8 Å². The number of hydrogen-bond acceptors (Lipinski definition) is 3. The van der Waals surface area contributed by atoms with E-state index in [4.69, 9.17) is 0 Å². The van der Waals surface area contributed by atoms with Crippen LogP contribution in [-0.2, 0) is 0 Å². The van der Waals surface area contributed by atoms with Crippen molar-refractivity contribution in [3.63, 3.8) is 0 Å². The third-order valence-corrected chi connectivity index (χ3v) is 3.45. The van der Waals surface area contributed by atoms with Crippen molar-refractivity contribution in [3.05, 3.63) is 65.4 Å². The molecule has 102 valence electrons. The van der Waals surface area contributed by atoms with Crippen LogP contribution in [0.25, 0.3) is 16.9 Å². The average molecular weight is 274 g/mol. The molecule has 0 fully saturated rings. The number of benzene rings is 2. The molecule has 0 radical (unpaired) electrons. The lowest BCUT2D eigenvalue weighted by molar-refractivity contribution is 0.806. The summed E-state index contributed by atoms with van der Waals surface area (Å²) in [6.07, 6.45) is 0. The Hall–Kier alpha value is -2.93. The van der Waals surface area contributed by atoms with Crippen molar-refractivity contribution >= 4 is 0 Å². The number of nitrogens with zero attached hydrogens (tertiary/aromatic N) is 4. The highest BCUT2D eigenvalue weighted by Gasteiger charge is 2.17. The van der Waals surface area contributed by atoms with Crippen LogP contribution in [0.4, 0.5) is 0 Å². The van der Waals surface area contributed by atoms with Gasteiger partial charge < -0.3 is 0 Å². The molecule has 3 aromatic rings. The molecule has 4 nitrogen and oxygen atoms in total. The smallest absolute Gasteiger partial charge is 0.191 e. The van der Waals surface area contributed by atoms with Gasteiger partial charge in [0.05, 0.1) is 5.69 Å². The first-order valence-electron chi connectivity index (χ1n) is 6.69. The van der Waals surface area contributed by atoms with E-state index in [1.807, 2.05) is 62.4 Å². The normalized spacial score (nSPS) is 10.3. The van der Waals surface area contributed by atoms with Crippen LogP contribution in [0.15, 0.2) is 48.5 Å². The Morgan fingerprint density at radius 3 is 2.38 bits per heavy atom. The summed E-state index contributed by atoms with van der Waals surface area (Å²) >= 11 is 0. The van der Waals surface area contributed by atoms with E-state index in [1.165, 1.54) is 5.56 Å². The molecule has 0 atom stereocenters. The molecule has 0 bridgehead atoms. The fourth-order valence-electron chi connectivity index (χ4n) is 2.30. The zero-order valence-electron chi connectivity index (χ0n) is 11.9. The number of aromatic nitrogens is 3. The lowest BCUT2D eigenvalue weighted by Crippen LogP contribution is -2.00. The van der Waals surface area contributed by atoms with Gasteiger partial charge in [0.15, 0.2) is 5.69 Å². The molecule has 0 saturated carbocycles. The number of rotatable bonds is 2. The molecule has 21 heavy (non-hydrogen) atoms.